The van der Waals surface area contributed by atoms with Crippen molar-refractivity contribution in [3.05, 3.63) is 81.8 Å². The van der Waals surface area contributed by atoms with Gasteiger partial charge in [0.1, 0.15) is 11.8 Å². The Kier molecular flexibility index (Phi) is 11.1. The number of benzene rings is 3. The fourth-order valence-corrected chi connectivity index (χ4v) is 5.99. The molecule has 1 amide bonds. The van der Waals surface area contributed by atoms with Gasteiger partial charge in [0.2, 0.25) is 0 Å². The van der Waals surface area contributed by atoms with E-state index in [2.05, 4.69) is 10.4 Å². The molecule has 0 aliphatic carbocycles. The van der Waals surface area contributed by atoms with E-state index < -0.39 is 33.5 Å². The number of aryl methyl sites for hydroxylation is 1. The van der Waals surface area contributed by atoms with Gasteiger partial charge >= 0.3 is 5.97 Å². The first-order valence-electron chi connectivity index (χ1n) is 12.4. The largest absolute Gasteiger partial charge is 0.480 e. The van der Waals surface area contributed by atoms with Crippen LogP contribution in [0.4, 0.5) is 0 Å². The molecule has 3 rings (SSSR count). The third kappa shape index (κ3) is 9.37. The number of guanidine groups is 1. The molecule has 0 fully saturated rings. The minimum absolute atomic E-state index is 0.0280. The quantitative estimate of drug-likeness (QED) is 0.0937. The van der Waals surface area contributed by atoms with Crippen LogP contribution in [0.25, 0.3) is 10.8 Å². The fourth-order valence-electron chi connectivity index (χ4n) is 4.22. The molecule has 0 spiro atoms. The zero-order valence-corrected chi connectivity index (χ0v) is 23.9. The predicted molar refractivity (Wildman–Crippen MR) is 158 cm³/mol. The molecule has 10 nitrogen and oxygen atoms in total. The molecule has 0 aromatic heterocycles. The van der Waals surface area contributed by atoms with Crippen LogP contribution in [0.5, 0.6) is 0 Å². The lowest BCUT2D eigenvalue weighted by Gasteiger charge is -2.29. The molecular formula is C27H31Cl2N5O5S. The van der Waals surface area contributed by atoms with Gasteiger partial charge in [-0.15, -0.1) is 0 Å². The summed E-state index contributed by atoms with van der Waals surface area (Å²) in [6.07, 6.45) is 0.403. The third-order valence-corrected chi connectivity index (χ3v) is 8.03. The number of carboxylic acid groups (broad SMARTS) is 1. The SMILES string of the molecule is NC(N)=NCCC[C@@H](C(=O)O)N(NCc1cc(Cl)cc(Cl)c1)C(=O)CS(=O)(=O)CCc1cccc2ccccc12. The van der Waals surface area contributed by atoms with E-state index in [1.54, 1.807) is 12.1 Å². The molecule has 3 aromatic carbocycles. The van der Waals surface area contributed by atoms with Crippen LogP contribution in [0.3, 0.4) is 0 Å². The van der Waals surface area contributed by atoms with E-state index in [4.69, 9.17) is 34.7 Å². The van der Waals surface area contributed by atoms with E-state index >= 15 is 0 Å². The summed E-state index contributed by atoms with van der Waals surface area (Å²) in [6.45, 7) is 0.112. The molecule has 6 N–H and O–H groups in total. The highest BCUT2D eigenvalue weighted by Gasteiger charge is 2.32. The van der Waals surface area contributed by atoms with Gasteiger partial charge in [0.05, 0.1) is 5.75 Å². The zero-order chi connectivity index (χ0) is 29.3. The number of nitrogens with one attached hydrogen (secondary N) is 1. The van der Waals surface area contributed by atoms with Crippen LogP contribution in [0, 0.1) is 0 Å². The van der Waals surface area contributed by atoms with Gasteiger partial charge in [-0.2, -0.15) is 0 Å². The Hall–Kier alpha value is -3.38. The molecule has 0 bridgehead atoms. The van der Waals surface area contributed by atoms with Crippen LogP contribution in [0.1, 0.15) is 24.0 Å². The number of rotatable bonds is 14. The highest BCUT2D eigenvalue weighted by atomic mass is 35.5. The molecular weight excluding hydrogens is 577 g/mol. The second-order valence-electron chi connectivity index (χ2n) is 9.16. The smallest absolute Gasteiger partial charge is 0.328 e. The third-order valence-electron chi connectivity index (χ3n) is 6.08. The molecule has 0 saturated heterocycles. The summed E-state index contributed by atoms with van der Waals surface area (Å²) in [4.78, 5) is 29.3. The molecule has 3 aromatic rings. The first-order valence-corrected chi connectivity index (χ1v) is 15.0. The van der Waals surface area contributed by atoms with E-state index in [0.717, 1.165) is 21.3 Å². The molecule has 13 heteroatoms. The van der Waals surface area contributed by atoms with E-state index in [1.807, 2.05) is 42.5 Å². The van der Waals surface area contributed by atoms with Gasteiger partial charge in [0, 0.05) is 23.1 Å². The highest BCUT2D eigenvalue weighted by molar-refractivity contribution is 7.92. The number of nitrogens with zero attached hydrogens (tertiary/aromatic N) is 2. The van der Waals surface area contributed by atoms with Gasteiger partial charge in [0.15, 0.2) is 15.8 Å². The number of carboxylic acids is 1. The molecule has 214 valence electrons. The van der Waals surface area contributed by atoms with Crippen LogP contribution in [-0.2, 0) is 32.4 Å². The number of sulfone groups is 1. The minimum atomic E-state index is -3.91. The van der Waals surface area contributed by atoms with Crippen LogP contribution < -0.4 is 16.9 Å². The number of aliphatic imine (C=N–C) groups is 1. The normalized spacial score (nSPS) is 12.2. The van der Waals surface area contributed by atoms with E-state index in [0.29, 0.717) is 15.6 Å². The van der Waals surface area contributed by atoms with E-state index in [1.165, 1.54) is 6.07 Å². The van der Waals surface area contributed by atoms with Crippen molar-refractivity contribution in [1.29, 1.82) is 0 Å². The van der Waals surface area contributed by atoms with Crippen molar-refractivity contribution in [2.45, 2.75) is 31.8 Å². The van der Waals surface area contributed by atoms with Gasteiger partial charge in [-0.25, -0.2) is 18.6 Å². The van der Waals surface area contributed by atoms with Gasteiger partial charge in [0.25, 0.3) is 5.91 Å². The second kappa shape index (κ2) is 14.3. The lowest BCUT2D eigenvalue weighted by atomic mass is 10.0. The number of amides is 1. The summed E-state index contributed by atoms with van der Waals surface area (Å²) in [5.74, 6) is -3.53. The number of hydrogen-bond acceptors (Lipinski definition) is 6. The molecule has 40 heavy (non-hydrogen) atoms. The van der Waals surface area contributed by atoms with Crippen molar-refractivity contribution in [3.8, 4) is 0 Å². The Morgan fingerprint density at radius 1 is 1.02 bits per heavy atom. The Balaban J connectivity index is 1.78. The number of hydrogen-bond donors (Lipinski definition) is 4. The molecule has 0 unspecified atom stereocenters. The minimum Gasteiger partial charge on any atom is -0.480 e. The summed E-state index contributed by atoms with van der Waals surface area (Å²) in [5, 5.41) is 13.4. The van der Waals surface area contributed by atoms with Crippen molar-refractivity contribution in [2.75, 3.05) is 18.1 Å². The fraction of sp³-hybridized carbons (Fsp3) is 0.296. The maximum Gasteiger partial charge on any atom is 0.328 e. The van der Waals surface area contributed by atoms with Crippen molar-refractivity contribution in [3.63, 3.8) is 0 Å². The molecule has 1 atom stereocenters. The predicted octanol–water partition coefficient (Wildman–Crippen LogP) is 3.14. The Bertz CT molecular complexity index is 1470. The maximum atomic E-state index is 13.3. The average molecular weight is 609 g/mol. The Labute approximate surface area is 242 Å². The van der Waals surface area contributed by atoms with Gasteiger partial charge in [-0.05, 0) is 59.4 Å². The standard InChI is InChI=1S/C27H31Cl2N5O5S/c28-21-13-18(14-22(29)15-21)16-33-34(24(26(36)37)9-4-11-32-27(30)31)25(35)17-40(38,39)12-10-20-7-3-6-19-5-1-2-8-23(19)20/h1-3,5-8,13-15,24,33H,4,9-12,16-17H2,(H,36,37)(H4,30,31,32)/t24-/m0/s1. The van der Waals surface area contributed by atoms with Crippen LogP contribution in [-0.4, -0.2) is 60.5 Å². The van der Waals surface area contributed by atoms with Crippen molar-refractivity contribution in [2.24, 2.45) is 16.5 Å². The highest BCUT2D eigenvalue weighted by Crippen LogP contribution is 2.21. The van der Waals surface area contributed by atoms with Crippen molar-refractivity contribution >= 4 is 61.6 Å². The molecule has 0 aliphatic rings. The Morgan fingerprint density at radius 2 is 1.70 bits per heavy atom. The first kappa shape index (κ1) is 31.2. The van der Waals surface area contributed by atoms with Crippen molar-refractivity contribution < 1.29 is 23.1 Å². The number of halogens is 2. The number of carbonyl (C=O) groups excluding carboxylic acids is 1. The Morgan fingerprint density at radius 3 is 2.38 bits per heavy atom. The molecule has 0 radical (unpaired) electrons. The number of hydrazine groups is 1. The zero-order valence-electron chi connectivity index (χ0n) is 21.6. The van der Waals surface area contributed by atoms with Gasteiger partial charge < -0.3 is 16.6 Å². The summed E-state index contributed by atoms with van der Waals surface area (Å²) >= 11 is 12.1. The summed E-state index contributed by atoms with van der Waals surface area (Å²) in [7, 11) is -3.91. The second-order valence-corrected chi connectivity index (χ2v) is 12.2. The van der Waals surface area contributed by atoms with Crippen LogP contribution in [0.15, 0.2) is 65.7 Å². The van der Waals surface area contributed by atoms with Crippen molar-refractivity contribution in [1.82, 2.24) is 10.4 Å². The lowest BCUT2D eigenvalue weighted by Crippen LogP contribution is -2.54. The first-order chi connectivity index (χ1) is 18.9. The summed E-state index contributed by atoms with van der Waals surface area (Å²) < 4.78 is 26.1. The average Bonchev–Trinajstić information content (AvgIpc) is 2.87. The summed E-state index contributed by atoms with van der Waals surface area (Å²) in [5.41, 5.74) is 14.8. The van der Waals surface area contributed by atoms with E-state index in [9.17, 15) is 23.1 Å². The maximum absolute atomic E-state index is 13.3. The number of carbonyl (C=O) groups is 2. The topological polar surface area (TPSA) is 168 Å². The number of nitrogens with two attached hydrogens (primary N) is 2. The molecule has 0 aliphatic heterocycles. The van der Waals surface area contributed by atoms with Gasteiger partial charge in [-0.1, -0.05) is 65.7 Å². The number of fused-ring (bicyclic) bond motifs is 1. The number of aliphatic carboxylic acids is 1. The van der Waals surface area contributed by atoms with E-state index in [-0.39, 0.29) is 44.1 Å². The van der Waals surface area contributed by atoms with Gasteiger partial charge in [-0.3, -0.25) is 14.8 Å². The monoisotopic (exact) mass is 607 g/mol. The summed E-state index contributed by atoms with van der Waals surface area (Å²) in [6, 6.07) is 16.6. The lowest BCUT2D eigenvalue weighted by molar-refractivity contribution is -0.152. The molecule has 0 heterocycles. The van der Waals surface area contributed by atoms with Crippen LogP contribution >= 0.6 is 23.2 Å². The molecule has 0 saturated carbocycles. The van der Waals surface area contributed by atoms with Crippen LogP contribution in [0.2, 0.25) is 10.0 Å².